The molecule has 1 aliphatic rings. The van der Waals surface area contributed by atoms with Crippen LogP contribution < -0.4 is 4.74 Å². The van der Waals surface area contributed by atoms with Crippen molar-refractivity contribution in [2.45, 2.75) is 19.3 Å². The molecule has 0 bridgehead atoms. The van der Waals surface area contributed by atoms with Crippen LogP contribution in [-0.4, -0.2) is 30.1 Å². The predicted octanol–water partition coefficient (Wildman–Crippen LogP) is 1.63. The quantitative estimate of drug-likeness (QED) is 0.587. The monoisotopic (exact) mass is 291 g/mol. The van der Waals surface area contributed by atoms with Crippen molar-refractivity contribution >= 4 is 11.6 Å². The minimum absolute atomic E-state index is 0.187. The number of hydrogen-bond donors (Lipinski definition) is 0. The summed E-state index contributed by atoms with van der Waals surface area (Å²) in [5, 5.41) is 11.0. The molecule has 0 spiro atoms. The van der Waals surface area contributed by atoms with Crippen LogP contribution in [0, 0.1) is 22.0 Å². The summed E-state index contributed by atoms with van der Waals surface area (Å²) in [5.74, 6) is -0.988. The molecule has 0 aliphatic heterocycles. The van der Waals surface area contributed by atoms with E-state index in [1.807, 2.05) is 0 Å². The van der Waals surface area contributed by atoms with Crippen LogP contribution in [0.1, 0.15) is 19.4 Å². The SMILES string of the molecule is COc1ccc(C2(C[N+](=O)[O-])C(C(C)=O)C2C(C)=O)cc1. The second-order valence-corrected chi connectivity index (χ2v) is 5.44. The van der Waals surface area contributed by atoms with Crippen LogP contribution in [0.2, 0.25) is 0 Å². The van der Waals surface area contributed by atoms with E-state index in [1.165, 1.54) is 21.0 Å². The maximum Gasteiger partial charge on any atom is 0.214 e. The van der Waals surface area contributed by atoms with Gasteiger partial charge in [-0.05, 0) is 31.5 Å². The fourth-order valence-corrected chi connectivity index (χ4v) is 3.40. The summed E-state index contributed by atoms with van der Waals surface area (Å²) in [4.78, 5) is 34.2. The summed E-state index contributed by atoms with van der Waals surface area (Å²) in [7, 11) is 1.52. The van der Waals surface area contributed by atoms with Gasteiger partial charge >= 0.3 is 0 Å². The van der Waals surface area contributed by atoms with Gasteiger partial charge in [-0.15, -0.1) is 0 Å². The molecule has 0 saturated heterocycles. The number of hydrogen-bond acceptors (Lipinski definition) is 5. The molecule has 1 aromatic rings. The van der Waals surface area contributed by atoms with Crippen molar-refractivity contribution in [3.05, 3.63) is 39.9 Å². The first-order chi connectivity index (χ1) is 9.84. The molecule has 1 aliphatic carbocycles. The maximum absolute atomic E-state index is 11.8. The fraction of sp³-hybridized carbons (Fsp3) is 0.467. The normalized spacial score (nSPS) is 27.0. The Hall–Kier alpha value is -2.24. The van der Waals surface area contributed by atoms with Crippen LogP contribution in [-0.2, 0) is 15.0 Å². The molecule has 2 rings (SSSR count). The maximum atomic E-state index is 11.8. The minimum atomic E-state index is -1.02. The van der Waals surface area contributed by atoms with Gasteiger partial charge in [-0.25, -0.2) is 0 Å². The molecular weight excluding hydrogens is 274 g/mol. The summed E-state index contributed by atoms with van der Waals surface area (Å²) in [6, 6.07) is 6.76. The molecule has 1 fully saturated rings. The molecular formula is C15H17NO5. The number of ether oxygens (including phenoxy) is 1. The van der Waals surface area contributed by atoms with E-state index < -0.39 is 28.7 Å². The van der Waals surface area contributed by atoms with Crippen LogP contribution in [0.15, 0.2) is 24.3 Å². The third kappa shape index (κ3) is 2.41. The third-order valence-electron chi connectivity index (χ3n) is 4.23. The average molecular weight is 291 g/mol. The highest BCUT2D eigenvalue weighted by atomic mass is 16.6. The lowest BCUT2D eigenvalue weighted by Gasteiger charge is -2.14. The van der Waals surface area contributed by atoms with Gasteiger partial charge in [0.2, 0.25) is 6.54 Å². The number of rotatable bonds is 6. The number of carbonyl (C=O) groups is 2. The van der Waals surface area contributed by atoms with E-state index >= 15 is 0 Å². The van der Waals surface area contributed by atoms with Crippen molar-refractivity contribution < 1.29 is 19.2 Å². The Morgan fingerprint density at radius 2 is 1.67 bits per heavy atom. The number of nitro groups is 1. The summed E-state index contributed by atoms with van der Waals surface area (Å²) in [6.07, 6.45) is 0. The van der Waals surface area contributed by atoms with Gasteiger partial charge in [0.15, 0.2) is 0 Å². The van der Waals surface area contributed by atoms with Gasteiger partial charge in [0.1, 0.15) is 17.3 Å². The highest BCUT2D eigenvalue weighted by molar-refractivity contribution is 5.96. The van der Waals surface area contributed by atoms with Crippen LogP contribution in [0.25, 0.3) is 0 Å². The number of Topliss-reactive ketones (excluding diaryl/α,β-unsaturated/α-hetero) is 2. The molecule has 0 amide bonds. The molecule has 112 valence electrons. The molecule has 2 unspecified atom stereocenters. The van der Waals surface area contributed by atoms with E-state index in [4.69, 9.17) is 4.74 Å². The Bertz CT molecular complexity index is 573. The molecule has 0 N–H and O–H groups in total. The third-order valence-corrected chi connectivity index (χ3v) is 4.23. The number of ketones is 2. The second kappa shape index (κ2) is 5.27. The Morgan fingerprint density at radius 3 is 2.00 bits per heavy atom. The average Bonchev–Trinajstić information content (AvgIpc) is 3.08. The minimum Gasteiger partial charge on any atom is -0.497 e. The number of methoxy groups -OCH3 is 1. The van der Waals surface area contributed by atoms with E-state index in [0.717, 1.165) is 0 Å². The van der Waals surface area contributed by atoms with Crippen molar-refractivity contribution in [1.29, 1.82) is 0 Å². The predicted molar refractivity (Wildman–Crippen MR) is 74.9 cm³/mol. The lowest BCUT2D eigenvalue weighted by atomic mass is 9.90. The zero-order valence-electron chi connectivity index (χ0n) is 12.2. The summed E-state index contributed by atoms with van der Waals surface area (Å²) < 4.78 is 5.06. The van der Waals surface area contributed by atoms with Gasteiger partial charge < -0.3 is 4.74 Å². The van der Waals surface area contributed by atoms with Gasteiger partial charge in [0, 0.05) is 16.8 Å². The zero-order chi connectivity index (χ0) is 15.8. The molecule has 0 radical (unpaired) electrons. The molecule has 2 atom stereocenters. The molecule has 6 heteroatoms. The Kier molecular flexibility index (Phi) is 3.80. The van der Waals surface area contributed by atoms with Crippen LogP contribution in [0.4, 0.5) is 0 Å². The Balaban J connectivity index is 2.49. The van der Waals surface area contributed by atoms with E-state index in [-0.39, 0.29) is 11.6 Å². The van der Waals surface area contributed by atoms with Crippen LogP contribution in [0.5, 0.6) is 5.75 Å². The van der Waals surface area contributed by atoms with Crippen molar-refractivity contribution in [1.82, 2.24) is 0 Å². The number of nitrogens with zero attached hydrogens (tertiary/aromatic N) is 1. The highest BCUT2D eigenvalue weighted by Gasteiger charge is 2.72. The number of benzene rings is 1. The van der Waals surface area contributed by atoms with Crippen LogP contribution >= 0.6 is 0 Å². The van der Waals surface area contributed by atoms with Crippen molar-refractivity contribution in [3.63, 3.8) is 0 Å². The lowest BCUT2D eigenvalue weighted by Crippen LogP contribution is -2.26. The molecule has 21 heavy (non-hydrogen) atoms. The van der Waals surface area contributed by atoms with Gasteiger partial charge in [0.25, 0.3) is 0 Å². The molecule has 6 nitrogen and oxygen atoms in total. The van der Waals surface area contributed by atoms with Crippen molar-refractivity contribution in [3.8, 4) is 5.75 Å². The fourth-order valence-electron chi connectivity index (χ4n) is 3.40. The molecule has 1 saturated carbocycles. The first kappa shape index (κ1) is 15.2. The lowest BCUT2D eigenvalue weighted by molar-refractivity contribution is -0.486. The van der Waals surface area contributed by atoms with Crippen molar-refractivity contribution in [2.24, 2.45) is 11.8 Å². The highest BCUT2D eigenvalue weighted by Crippen LogP contribution is 2.61. The first-order valence-corrected chi connectivity index (χ1v) is 6.61. The standard InChI is InChI=1S/C15H17NO5/c1-9(17)13-14(10(2)18)15(13,8-16(19)20)11-4-6-12(21-3)7-5-11/h4-7,13-14H,8H2,1-3H3. The molecule has 0 heterocycles. The van der Waals surface area contributed by atoms with E-state index in [1.54, 1.807) is 24.3 Å². The van der Waals surface area contributed by atoms with E-state index in [2.05, 4.69) is 0 Å². The first-order valence-electron chi connectivity index (χ1n) is 6.61. The Morgan fingerprint density at radius 1 is 1.19 bits per heavy atom. The van der Waals surface area contributed by atoms with Gasteiger partial charge in [0.05, 0.1) is 12.5 Å². The largest absolute Gasteiger partial charge is 0.497 e. The van der Waals surface area contributed by atoms with Gasteiger partial charge in [-0.2, -0.15) is 0 Å². The smallest absolute Gasteiger partial charge is 0.214 e. The van der Waals surface area contributed by atoms with E-state index in [0.29, 0.717) is 11.3 Å². The summed E-state index contributed by atoms with van der Waals surface area (Å²) in [5.41, 5.74) is -0.381. The van der Waals surface area contributed by atoms with Gasteiger partial charge in [-0.3, -0.25) is 19.7 Å². The topological polar surface area (TPSA) is 86.5 Å². The number of carbonyl (C=O) groups excluding carboxylic acids is 2. The zero-order valence-corrected chi connectivity index (χ0v) is 12.2. The Labute approximate surface area is 122 Å². The second-order valence-electron chi connectivity index (χ2n) is 5.44. The summed E-state index contributed by atoms with van der Waals surface area (Å²) >= 11 is 0. The van der Waals surface area contributed by atoms with Gasteiger partial charge in [-0.1, -0.05) is 12.1 Å². The van der Waals surface area contributed by atoms with Crippen molar-refractivity contribution in [2.75, 3.05) is 13.7 Å². The van der Waals surface area contributed by atoms with Crippen LogP contribution in [0.3, 0.4) is 0 Å². The summed E-state index contributed by atoms with van der Waals surface area (Å²) in [6.45, 7) is 2.34. The van der Waals surface area contributed by atoms with E-state index in [9.17, 15) is 19.7 Å². The molecule has 1 aromatic carbocycles. The molecule has 0 aromatic heterocycles.